The van der Waals surface area contributed by atoms with E-state index in [1.165, 1.54) is 11.3 Å². The van der Waals surface area contributed by atoms with Gasteiger partial charge >= 0.3 is 5.97 Å². The first-order chi connectivity index (χ1) is 10.6. The smallest absolute Gasteiger partial charge is 0.326 e. The second-order valence-corrected chi connectivity index (χ2v) is 6.71. The monoisotopic (exact) mass is 321 g/mol. The van der Waals surface area contributed by atoms with E-state index in [1.807, 2.05) is 6.07 Å². The summed E-state index contributed by atoms with van der Waals surface area (Å²) in [6.07, 6.45) is 6.25. The number of rotatable bonds is 4. The number of carbonyl (C=O) groups is 2. The second kappa shape index (κ2) is 6.29. The van der Waals surface area contributed by atoms with Gasteiger partial charge < -0.3 is 10.0 Å². The summed E-state index contributed by atoms with van der Waals surface area (Å²) in [7, 11) is 0. The van der Waals surface area contributed by atoms with Crippen LogP contribution >= 0.6 is 11.6 Å². The molecule has 1 atom stereocenters. The van der Waals surface area contributed by atoms with Gasteiger partial charge in [0.05, 0.1) is 10.6 Å². The Balaban J connectivity index is 1.80. The van der Waals surface area contributed by atoms with Gasteiger partial charge in [-0.15, -0.1) is 0 Å². The summed E-state index contributed by atoms with van der Waals surface area (Å²) < 4.78 is 0. The predicted octanol–water partition coefficient (Wildman–Crippen LogP) is 3.72. The van der Waals surface area contributed by atoms with Crippen LogP contribution in [0.4, 0.5) is 0 Å². The van der Waals surface area contributed by atoms with Gasteiger partial charge in [-0.25, -0.2) is 4.79 Å². The van der Waals surface area contributed by atoms with Gasteiger partial charge in [0.1, 0.15) is 6.04 Å². The number of carbonyl (C=O) groups excluding carboxylic acids is 1. The van der Waals surface area contributed by atoms with Gasteiger partial charge in [0, 0.05) is 6.54 Å². The maximum atomic E-state index is 12.6. The highest BCUT2D eigenvalue weighted by Gasteiger charge is 2.38. The summed E-state index contributed by atoms with van der Waals surface area (Å²) in [4.78, 5) is 25.8. The minimum Gasteiger partial charge on any atom is -0.480 e. The van der Waals surface area contributed by atoms with E-state index >= 15 is 0 Å². The number of fused-ring (bicyclic) bond motifs is 1. The Hall–Kier alpha value is -1.55. The molecule has 4 nitrogen and oxygen atoms in total. The van der Waals surface area contributed by atoms with Crippen molar-refractivity contribution in [1.29, 1.82) is 0 Å². The average Bonchev–Trinajstić information content (AvgIpc) is 2.84. The number of hydrogen-bond acceptors (Lipinski definition) is 2. The molecular weight excluding hydrogens is 302 g/mol. The fraction of sp³-hybridized carbons (Fsp3) is 0.529. The third-order valence-corrected chi connectivity index (χ3v) is 5.17. The molecule has 1 fully saturated rings. The number of amides is 1. The zero-order chi connectivity index (χ0) is 15.7. The second-order valence-electron chi connectivity index (χ2n) is 6.30. The summed E-state index contributed by atoms with van der Waals surface area (Å²) in [5.74, 6) is -0.756. The maximum Gasteiger partial charge on any atom is 0.326 e. The molecule has 1 saturated carbocycles. The van der Waals surface area contributed by atoms with Crippen molar-refractivity contribution in [3.8, 4) is 0 Å². The van der Waals surface area contributed by atoms with Crippen LogP contribution in [0.1, 0.15) is 54.4 Å². The van der Waals surface area contributed by atoms with Crippen molar-refractivity contribution in [2.75, 3.05) is 0 Å². The molecule has 1 aromatic carbocycles. The minimum atomic E-state index is -0.914. The van der Waals surface area contributed by atoms with Gasteiger partial charge in [-0.05, 0) is 24.0 Å². The summed E-state index contributed by atoms with van der Waals surface area (Å²) in [5.41, 5.74) is 1.30. The topological polar surface area (TPSA) is 57.6 Å². The Bertz CT molecular complexity index is 596. The van der Waals surface area contributed by atoms with Crippen molar-refractivity contribution in [3.05, 3.63) is 34.3 Å². The van der Waals surface area contributed by atoms with Gasteiger partial charge in [-0.1, -0.05) is 55.8 Å². The van der Waals surface area contributed by atoms with Crippen LogP contribution in [-0.2, 0) is 11.3 Å². The lowest BCUT2D eigenvalue weighted by atomic mass is 9.84. The van der Waals surface area contributed by atoms with Crippen LogP contribution in [0.3, 0.4) is 0 Å². The van der Waals surface area contributed by atoms with E-state index in [-0.39, 0.29) is 5.91 Å². The van der Waals surface area contributed by atoms with Crippen molar-refractivity contribution in [2.45, 2.75) is 51.1 Å². The minimum absolute atomic E-state index is 0.246. The number of nitrogens with zero attached hydrogens (tertiary/aromatic N) is 1. The zero-order valence-electron chi connectivity index (χ0n) is 12.4. The summed E-state index contributed by atoms with van der Waals surface area (Å²) >= 11 is 6.11. The van der Waals surface area contributed by atoms with E-state index in [2.05, 4.69) is 0 Å². The Morgan fingerprint density at radius 3 is 2.68 bits per heavy atom. The largest absolute Gasteiger partial charge is 0.480 e. The lowest BCUT2D eigenvalue weighted by Gasteiger charge is -2.29. The maximum absolute atomic E-state index is 12.6. The lowest BCUT2D eigenvalue weighted by Crippen LogP contribution is -2.42. The van der Waals surface area contributed by atoms with Gasteiger partial charge in [-0.3, -0.25) is 4.79 Å². The predicted molar refractivity (Wildman–Crippen MR) is 83.9 cm³/mol. The molecule has 1 amide bonds. The Morgan fingerprint density at radius 2 is 2.05 bits per heavy atom. The molecule has 0 spiro atoms. The molecule has 22 heavy (non-hydrogen) atoms. The van der Waals surface area contributed by atoms with Crippen molar-refractivity contribution >= 4 is 23.5 Å². The van der Waals surface area contributed by atoms with Crippen molar-refractivity contribution < 1.29 is 14.7 Å². The first-order valence-corrected chi connectivity index (χ1v) is 8.27. The van der Waals surface area contributed by atoms with E-state index in [4.69, 9.17) is 11.6 Å². The summed E-state index contributed by atoms with van der Waals surface area (Å²) in [6, 6.07) is 4.57. The highest BCUT2D eigenvalue weighted by molar-refractivity contribution is 6.34. The molecule has 2 aliphatic rings. The van der Waals surface area contributed by atoms with Crippen LogP contribution in [0.25, 0.3) is 0 Å². The molecule has 1 N–H and O–H groups in total. The molecule has 0 unspecified atom stereocenters. The van der Waals surface area contributed by atoms with Gasteiger partial charge in [0.2, 0.25) is 0 Å². The van der Waals surface area contributed by atoms with E-state index in [0.717, 1.165) is 31.2 Å². The summed E-state index contributed by atoms with van der Waals surface area (Å²) in [6.45, 7) is 0.346. The highest BCUT2D eigenvalue weighted by atomic mass is 35.5. The molecule has 0 radical (unpaired) electrons. The number of carboxylic acids is 1. The first kappa shape index (κ1) is 15.3. The number of halogens is 1. The number of hydrogen-bond donors (Lipinski definition) is 1. The number of benzene rings is 1. The van der Waals surface area contributed by atoms with Crippen LogP contribution in [0.15, 0.2) is 18.2 Å². The SMILES string of the molecule is O=C(O)[C@H](CC1CCCCC1)N1Cc2cccc(Cl)c2C1=O. The van der Waals surface area contributed by atoms with E-state index in [0.29, 0.717) is 29.5 Å². The number of aliphatic carboxylic acids is 1. The van der Waals surface area contributed by atoms with Gasteiger partial charge in [-0.2, -0.15) is 0 Å². The first-order valence-electron chi connectivity index (χ1n) is 7.89. The van der Waals surface area contributed by atoms with Crippen LogP contribution in [0.5, 0.6) is 0 Å². The van der Waals surface area contributed by atoms with Crippen LogP contribution in [0.2, 0.25) is 5.02 Å². The molecule has 3 rings (SSSR count). The third kappa shape index (κ3) is 2.84. The van der Waals surface area contributed by atoms with Crippen molar-refractivity contribution in [3.63, 3.8) is 0 Å². The Morgan fingerprint density at radius 1 is 1.32 bits per heavy atom. The van der Waals surface area contributed by atoms with Gasteiger partial charge in [0.15, 0.2) is 0 Å². The molecule has 1 aliphatic heterocycles. The van der Waals surface area contributed by atoms with Crippen LogP contribution in [-0.4, -0.2) is 27.9 Å². The Labute approximate surface area is 135 Å². The standard InChI is InChI=1S/C17H20ClNO3/c18-13-8-4-7-12-10-19(16(20)15(12)13)14(17(21)22)9-11-5-2-1-3-6-11/h4,7-8,11,14H,1-3,5-6,9-10H2,(H,21,22)/t14-/m0/s1. The fourth-order valence-electron chi connectivity index (χ4n) is 3.69. The van der Waals surface area contributed by atoms with Gasteiger partial charge in [0.25, 0.3) is 5.91 Å². The molecule has 1 aromatic rings. The molecule has 1 aliphatic carbocycles. The number of carboxylic acid groups (broad SMARTS) is 1. The molecule has 0 saturated heterocycles. The molecule has 0 bridgehead atoms. The van der Waals surface area contributed by atoms with E-state index < -0.39 is 12.0 Å². The van der Waals surface area contributed by atoms with Crippen LogP contribution in [0, 0.1) is 5.92 Å². The summed E-state index contributed by atoms with van der Waals surface area (Å²) in [5, 5.41) is 10.0. The quantitative estimate of drug-likeness (QED) is 0.919. The molecule has 5 heteroatoms. The molecule has 118 valence electrons. The van der Waals surface area contributed by atoms with E-state index in [9.17, 15) is 14.7 Å². The third-order valence-electron chi connectivity index (χ3n) is 4.86. The van der Waals surface area contributed by atoms with Crippen molar-refractivity contribution in [2.24, 2.45) is 5.92 Å². The van der Waals surface area contributed by atoms with Crippen LogP contribution < -0.4 is 0 Å². The molecule has 1 heterocycles. The molecular formula is C17H20ClNO3. The van der Waals surface area contributed by atoms with Crippen molar-refractivity contribution in [1.82, 2.24) is 4.90 Å². The normalized spacial score (nSPS) is 20.0. The average molecular weight is 322 g/mol. The molecule has 0 aromatic heterocycles. The fourth-order valence-corrected chi connectivity index (χ4v) is 3.97. The lowest BCUT2D eigenvalue weighted by molar-refractivity contribution is -0.143. The highest BCUT2D eigenvalue weighted by Crippen LogP contribution is 2.34. The van der Waals surface area contributed by atoms with E-state index in [1.54, 1.807) is 12.1 Å². The Kier molecular flexibility index (Phi) is 4.39. The zero-order valence-corrected chi connectivity index (χ0v) is 13.2.